The van der Waals surface area contributed by atoms with Crippen molar-refractivity contribution in [2.45, 2.75) is 58.0 Å². The first-order chi connectivity index (χ1) is 12.2. The molecule has 6 nitrogen and oxygen atoms in total. The van der Waals surface area contributed by atoms with E-state index >= 15 is 0 Å². The molecule has 134 valence electrons. The fraction of sp³-hybridized carbons (Fsp3) is 0.526. The second kappa shape index (κ2) is 7.78. The molecule has 1 aromatic heterocycles. The lowest BCUT2D eigenvalue weighted by atomic mass is 9.95. The van der Waals surface area contributed by atoms with Gasteiger partial charge in [-0.25, -0.2) is 0 Å². The minimum absolute atomic E-state index is 0.221. The third kappa shape index (κ3) is 3.90. The number of hydrogen-bond acceptors (Lipinski definition) is 6. The van der Waals surface area contributed by atoms with Crippen LogP contribution >= 0.6 is 0 Å². The number of aromatic nitrogens is 2. The van der Waals surface area contributed by atoms with Gasteiger partial charge in [-0.3, -0.25) is 10.1 Å². The quantitative estimate of drug-likeness (QED) is 0.743. The van der Waals surface area contributed by atoms with Crippen molar-refractivity contribution in [3.8, 4) is 0 Å². The van der Waals surface area contributed by atoms with Gasteiger partial charge in [-0.05, 0) is 24.5 Å². The second-order valence-corrected chi connectivity index (χ2v) is 6.49. The number of nitrogens with zero attached hydrogens (tertiary/aromatic N) is 2. The molecule has 1 aliphatic rings. The minimum atomic E-state index is -0.760. The maximum Gasteiger partial charge on any atom is 0.327 e. The summed E-state index contributed by atoms with van der Waals surface area (Å²) in [6.45, 7) is 4.69. The molecular weight excluding hydrogens is 318 g/mol. The number of fused-ring (bicyclic) bond motifs is 1. The molecule has 0 fully saturated rings. The first kappa shape index (κ1) is 17.6. The molecule has 0 radical (unpaired) electrons. The highest BCUT2D eigenvalue weighted by Gasteiger charge is 2.44. The molecule has 1 N–H and O–H groups in total. The Bertz CT molecular complexity index is 701. The molecule has 2 aromatic rings. The van der Waals surface area contributed by atoms with Crippen LogP contribution in [-0.4, -0.2) is 28.3 Å². The molecule has 3 rings (SSSR count). The Morgan fingerprint density at radius 1 is 1.28 bits per heavy atom. The van der Waals surface area contributed by atoms with Crippen LogP contribution in [0.5, 0.6) is 0 Å². The van der Waals surface area contributed by atoms with E-state index in [9.17, 15) is 4.79 Å². The summed E-state index contributed by atoms with van der Waals surface area (Å²) in [6.07, 6.45) is 4.13. The van der Waals surface area contributed by atoms with Gasteiger partial charge in [0, 0.05) is 19.3 Å². The first-order valence-corrected chi connectivity index (χ1v) is 8.97. The Balaban J connectivity index is 1.71. The van der Waals surface area contributed by atoms with Gasteiger partial charge in [0.1, 0.15) is 5.54 Å². The zero-order valence-electron chi connectivity index (χ0n) is 14.9. The summed E-state index contributed by atoms with van der Waals surface area (Å²) in [7, 11) is 0. The van der Waals surface area contributed by atoms with Crippen molar-refractivity contribution in [2.24, 2.45) is 0 Å². The lowest BCUT2D eigenvalue weighted by molar-refractivity contribution is -0.151. The van der Waals surface area contributed by atoms with Crippen molar-refractivity contribution in [2.75, 3.05) is 6.61 Å². The van der Waals surface area contributed by atoms with E-state index in [0.29, 0.717) is 37.7 Å². The van der Waals surface area contributed by atoms with E-state index in [2.05, 4.69) is 34.5 Å². The van der Waals surface area contributed by atoms with E-state index < -0.39 is 5.54 Å². The van der Waals surface area contributed by atoms with Crippen molar-refractivity contribution in [3.05, 3.63) is 47.1 Å². The standard InChI is InChI=1S/C19H25N3O3/c1-3-5-10-17-21-16(22-25-17)13-20-19(18(23)24-4-2)11-14-8-6-7-9-15(14)12-19/h6-9,20H,3-5,10-13H2,1-2H3. The number of ether oxygens (including phenoxy) is 1. The lowest BCUT2D eigenvalue weighted by Gasteiger charge is -2.27. The van der Waals surface area contributed by atoms with E-state index in [0.717, 1.165) is 19.3 Å². The molecule has 0 amide bonds. The molecule has 0 bridgehead atoms. The van der Waals surface area contributed by atoms with E-state index in [-0.39, 0.29) is 5.97 Å². The smallest absolute Gasteiger partial charge is 0.327 e. The van der Waals surface area contributed by atoms with Gasteiger partial charge in [-0.1, -0.05) is 42.8 Å². The minimum Gasteiger partial charge on any atom is -0.465 e. The van der Waals surface area contributed by atoms with Gasteiger partial charge < -0.3 is 9.26 Å². The van der Waals surface area contributed by atoms with Crippen molar-refractivity contribution >= 4 is 5.97 Å². The third-order valence-electron chi connectivity index (χ3n) is 4.61. The lowest BCUT2D eigenvalue weighted by Crippen LogP contribution is -2.53. The SMILES string of the molecule is CCCCc1nc(CNC2(C(=O)OCC)Cc3ccccc3C2)no1. The van der Waals surface area contributed by atoms with Gasteiger partial charge in [-0.2, -0.15) is 4.98 Å². The highest BCUT2D eigenvalue weighted by molar-refractivity contribution is 5.83. The maximum absolute atomic E-state index is 12.7. The number of unbranched alkanes of at least 4 members (excludes halogenated alkanes) is 1. The van der Waals surface area contributed by atoms with Crippen LogP contribution < -0.4 is 5.32 Å². The first-order valence-electron chi connectivity index (χ1n) is 8.97. The topological polar surface area (TPSA) is 77.2 Å². The van der Waals surface area contributed by atoms with Gasteiger partial charge in [0.15, 0.2) is 5.82 Å². The van der Waals surface area contributed by atoms with E-state index in [1.165, 1.54) is 11.1 Å². The van der Waals surface area contributed by atoms with Crippen LogP contribution in [0.25, 0.3) is 0 Å². The number of rotatable bonds is 8. The van der Waals surface area contributed by atoms with Crippen molar-refractivity contribution < 1.29 is 14.1 Å². The molecule has 0 saturated heterocycles. The van der Waals surface area contributed by atoms with Crippen molar-refractivity contribution in [1.82, 2.24) is 15.5 Å². The van der Waals surface area contributed by atoms with Crippen molar-refractivity contribution in [1.29, 1.82) is 0 Å². The number of hydrogen-bond donors (Lipinski definition) is 1. The van der Waals surface area contributed by atoms with Crippen LogP contribution in [0.3, 0.4) is 0 Å². The van der Waals surface area contributed by atoms with Crippen LogP contribution in [0.15, 0.2) is 28.8 Å². The average molecular weight is 343 g/mol. The van der Waals surface area contributed by atoms with Crippen LogP contribution in [0.4, 0.5) is 0 Å². The fourth-order valence-corrected chi connectivity index (χ4v) is 3.27. The van der Waals surface area contributed by atoms with Crippen LogP contribution in [0.1, 0.15) is 49.5 Å². The summed E-state index contributed by atoms with van der Waals surface area (Å²) < 4.78 is 10.6. The van der Waals surface area contributed by atoms with Gasteiger partial charge in [0.25, 0.3) is 0 Å². The summed E-state index contributed by atoms with van der Waals surface area (Å²) in [6, 6.07) is 8.13. The summed E-state index contributed by atoms with van der Waals surface area (Å²) in [4.78, 5) is 17.1. The fourth-order valence-electron chi connectivity index (χ4n) is 3.27. The Labute approximate surface area is 148 Å². The Hall–Kier alpha value is -2.21. The number of benzene rings is 1. The Morgan fingerprint density at radius 3 is 2.64 bits per heavy atom. The normalized spacial score (nSPS) is 15.1. The molecule has 1 heterocycles. The van der Waals surface area contributed by atoms with E-state index in [4.69, 9.17) is 9.26 Å². The predicted octanol–water partition coefficient (Wildman–Crippen LogP) is 2.60. The number of nitrogens with one attached hydrogen (secondary N) is 1. The van der Waals surface area contributed by atoms with Crippen LogP contribution in [0, 0.1) is 0 Å². The van der Waals surface area contributed by atoms with Gasteiger partial charge in [-0.15, -0.1) is 0 Å². The molecule has 0 aliphatic heterocycles. The van der Waals surface area contributed by atoms with Crippen molar-refractivity contribution in [3.63, 3.8) is 0 Å². The molecule has 1 aromatic carbocycles. The molecule has 0 unspecified atom stereocenters. The number of aryl methyl sites for hydroxylation is 1. The summed E-state index contributed by atoms with van der Waals surface area (Å²) in [5, 5.41) is 7.37. The van der Waals surface area contributed by atoms with E-state index in [1.54, 1.807) is 0 Å². The summed E-state index contributed by atoms with van der Waals surface area (Å²) in [5.74, 6) is 1.00. The highest BCUT2D eigenvalue weighted by atomic mass is 16.5. The molecular formula is C19H25N3O3. The monoisotopic (exact) mass is 343 g/mol. The maximum atomic E-state index is 12.7. The highest BCUT2D eigenvalue weighted by Crippen LogP contribution is 2.31. The number of esters is 1. The summed E-state index contributed by atoms with van der Waals surface area (Å²) >= 11 is 0. The molecule has 0 spiro atoms. The molecule has 6 heteroatoms. The van der Waals surface area contributed by atoms with Gasteiger partial charge in [0.2, 0.25) is 5.89 Å². The Morgan fingerprint density at radius 2 is 2.00 bits per heavy atom. The van der Waals surface area contributed by atoms with E-state index in [1.807, 2.05) is 19.1 Å². The van der Waals surface area contributed by atoms with Gasteiger partial charge >= 0.3 is 5.97 Å². The Kier molecular flexibility index (Phi) is 5.48. The second-order valence-electron chi connectivity index (χ2n) is 6.49. The zero-order chi connectivity index (χ0) is 17.7. The molecule has 1 aliphatic carbocycles. The number of carbonyl (C=O) groups is 1. The summed E-state index contributed by atoms with van der Waals surface area (Å²) in [5.41, 5.74) is 1.60. The molecule has 25 heavy (non-hydrogen) atoms. The number of carbonyl (C=O) groups excluding carboxylic acids is 1. The average Bonchev–Trinajstić information content (AvgIpc) is 3.23. The van der Waals surface area contributed by atoms with Gasteiger partial charge in [0.05, 0.1) is 13.2 Å². The molecule has 0 saturated carbocycles. The third-order valence-corrected chi connectivity index (χ3v) is 4.61. The molecule has 0 atom stereocenters. The van der Waals surface area contributed by atoms with Crippen LogP contribution in [0.2, 0.25) is 0 Å². The van der Waals surface area contributed by atoms with Crippen LogP contribution in [-0.2, 0) is 35.3 Å². The predicted molar refractivity (Wildman–Crippen MR) is 93.0 cm³/mol. The largest absolute Gasteiger partial charge is 0.465 e. The zero-order valence-corrected chi connectivity index (χ0v) is 14.9.